The molecule has 1 aliphatic heterocycles. The average molecular weight is 184 g/mol. The number of allylic oxidation sites excluding steroid dienone is 2. The van der Waals surface area contributed by atoms with Gasteiger partial charge in [-0.2, -0.15) is 0 Å². The molecule has 0 saturated carbocycles. The molecule has 4 nitrogen and oxygen atoms in total. The minimum absolute atomic E-state index is 0.0768. The van der Waals surface area contributed by atoms with Gasteiger partial charge in [0.25, 0.3) is 0 Å². The van der Waals surface area contributed by atoms with E-state index in [9.17, 15) is 0 Å². The second kappa shape index (κ2) is 4.89. The summed E-state index contributed by atoms with van der Waals surface area (Å²) < 4.78 is 10.3. The molecule has 4 heteroatoms. The lowest BCUT2D eigenvalue weighted by Gasteiger charge is -2.23. The maximum Gasteiger partial charge on any atom is 0.196 e. The summed E-state index contributed by atoms with van der Waals surface area (Å²) in [7, 11) is 1.57. The van der Waals surface area contributed by atoms with Gasteiger partial charge < -0.3 is 19.9 Å². The van der Waals surface area contributed by atoms with Crippen LogP contribution in [-0.4, -0.2) is 25.1 Å². The molecule has 0 aromatic carbocycles. The molecule has 0 saturated heterocycles. The van der Waals surface area contributed by atoms with Crippen LogP contribution < -0.4 is 5.32 Å². The average Bonchev–Trinajstić information content (AvgIpc) is 2.18. The zero-order chi connectivity index (χ0) is 9.68. The highest BCUT2D eigenvalue weighted by Crippen LogP contribution is 2.17. The number of nitrogens with one attached hydrogen (secondary N) is 1. The van der Waals surface area contributed by atoms with Crippen molar-refractivity contribution in [3.63, 3.8) is 0 Å². The zero-order valence-electron chi connectivity index (χ0n) is 7.78. The van der Waals surface area contributed by atoms with Crippen LogP contribution in [0.5, 0.6) is 0 Å². The molecule has 1 unspecified atom stereocenters. The van der Waals surface area contributed by atoms with Crippen LogP contribution in [0.1, 0.15) is 6.92 Å². The van der Waals surface area contributed by atoms with Crippen molar-refractivity contribution in [1.82, 2.24) is 5.32 Å². The number of ether oxygens (including phenoxy) is 2. The number of dihydropyridines is 1. The van der Waals surface area contributed by atoms with Gasteiger partial charge in [-0.15, -0.1) is 0 Å². The van der Waals surface area contributed by atoms with Crippen molar-refractivity contribution in [3.05, 3.63) is 30.2 Å². The Kier molecular flexibility index (Phi) is 3.79. The standard InChI is InChI=1S/C9H14NO3/c1-7(12-2)13-9-4-3-5-10-8(9)6-11/h3-5,7,10-11H,6H2,1-2H3. The lowest BCUT2D eigenvalue weighted by Crippen LogP contribution is -2.27. The third kappa shape index (κ3) is 2.75. The van der Waals surface area contributed by atoms with E-state index in [1.165, 1.54) is 0 Å². The Balaban J connectivity index is 2.54. The summed E-state index contributed by atoms with van der Waals surface area (Å²) in [5.41, 5.74) is 0. The second-order valence-corrected chi connectivity index (χ2v) is 2.59. The molecule has 1 radical (unpaired) electrons. The van der Waals surface area contributed by atoms with Crippen LogP contribution in [0.4, 0.5) is 0 Å². The first-order valence-corrected chi connectivity index (χ1v) is 4.07. The number of aliphatic hydroxyl groups excluding tert-OH is 1. The van der Waals surface area contributed by atoms with Crippen LogP contribution in [-0.2, 0) is 9.47 Å². The topological polar surface area (TPSA) is 50.7 Å². The lowest BCUT2D eigenvalue weighted by molar-refractivity contribution is -0.0816. The van der Waals surface area contributed by atoms with Crippen LogP contribution >= 0.6 is 0 Å². The van der Waals surface area contributed by atoms with Gasteiger partial charge in [0, 0.05) is 7.11 Å². The largest absolute Gasteiger partial charge is 0.467 e. The third-order valence-electron chi connectivity index (χ3n) is 1.68. The van der Waals surface area contributed by atoms with Gasteiger partial charge in [-0.1, -0.05) is 0 Å². The van der Waals surface area contributed by atoms with Crippen LogP contribution in [0, 0.1) is 6.04 Å². The molecule has 0 aromatic rings. The fourth-order valence-corrected chi connectivity index (χ4v) is 0.917. The van der Waals surface area contributed by atoms with E-state index in [1.807, 2.05) is 0 Å². The third-order valence-corrected chi connectivity index (χ3v) is 1.68. The van der Waals surface area contributed by atoms with Crippen molar-refractivity contribution >= 4 is 0 Å². The molecule has 0 aliphatic carbocycles. The first kappa shape index (κ1) is 10.1. The van der Waals surface area contributed by atoms with Crippen molar-refractivity contribution in [1.29, 1.82) is 0 Å². The van der Waals surface area contributed by atoms with E-state index in [1.54, 1.807) is 32.4 Å². The summed E-state index contributed by atoms with van der Waals surface area (Å²) in [6, 6.07) is 0.645. The summed E-state index contributed by atoms with van der Waals surface area (Å²) in [5, 5.41) is 11.8. The predicted molar refractivity (Wildman–Crippen MR) is 48.2 cm³/mol. The maximum atomic E-state index is 8.95. The van der Waals surface area contributed by atoms with E-state index >= 15 is 0 Å². The van der Waals surface area contributed by atoms with Crippen molar-refractivity contribution in [3.8, 4) is 0 Å². The van der Waals surface area contributed by atoms with E-state index in [0.29, 0.717) is 11.8 Å². The molecule has 1 heterocycles. The van der Waals surface area contributed by atoms with Gasteiger partial charge in [0.2, 0.25) is 0 Å². The van der Waals surface area contributed by atoms with Gasteiger partial charge in [-0.3, -0.25) is 0 Å². The molecule has 13 heavy (non-hydrogen) atoms. The van der Waals surface area contributed by atoms with Gasteiger partial charge in [0.05, 0.1) is 6.61 Å². The molecule has 1 aliphatic rings. The lowest BCUT2D eigenvalue weighted by atomic mass is 10.2. The SMILES string of the molecule is COC(C)OC1=CC=CN[C]1CO. The number of hydrogen-bond acceptors (Lipinski definition) is 4. The predicted octanol–water partition coefficient (Wildman–Crippen LogP) is 0.520. The highest BCUT2D eigenvalue weighted by atomic mass is 16.7. The first-order valence-electron chi connectivity index (χ1n) is 4.07. The molecule has 1 rings (SSSR count). The Morgan fingerprint density at radius 2 is 2.38 bits per heavy atom. The molecule has 0 bridgehead atoms. The van der Waals surface area contributed by atoms with E-state index < -0.39 is 0 Å². The number of hydrogen-bond donors (Lipinski definition) is 2. The quantitative estimate of drug-likeness (QED) is 0.625. The van der Waals surface area contributed by atoms with Crippen molar-refractivity contribution in [2.75, 3.05) is 13.7 Å². The summed E-state index contributed by atoms with van der Waals surface area (Å²) in [6.45, 7) is 1.71. The molecular formula is C9H14NO3. The van der Waals surface area contributed by atoms with Gasteiger partial charge in [-0.05, 0) is 25.3 Å². The maximum absolute atomic E-state index is 8.95. The number of aliphatic hydroxyl groups is 1. The van der Waals surface area contributed by atoms with Crippen LogP contribution in [0.2, 0.25) is 0 Å². The van der Waals surface area contributed by atoms with Gasteiger partial charge in [0.1, 0.15) is 5.76 Å². The first-order chi connectivity index (χ1) is 6.27. The smallest absolute Gasteiger partial charge is 0.196 e. The van der Waals surface area contributed by atoms with Gasteiger partial charge >= 0.3 is 0 Å². The van der Waals surface area contributed by atoms with E-state index in [0.717, 1.165) is 0 Å². The van der Waals surface area contributed by atoms with E-state index in [2.05, 4.69) is 5.32 Å². The number of rotatable bonds is 4. The minimum atomic E-state index is -0.318. The summed E-state index contributed by atoms with van der Waals surface area (Å²) >= 11 is 0. The molecule has 1 atom stereocenters. The van der Waals surface area contributed by atoms with E-state index in [4.69, 9.17) is 14.6 Å². The highest BCUT2D eigenvalue weighted by Gasteiger charge is 2.18. The molecule has 73 valence electrons. The fourth-order valence-electron chi connectivity index (χ4n) is 0.917. The van der Waals surface area contributed by atoms with Crippen LogP contribution in [0.15, 0.2) is 24.1 Å². The van der Waals surface area contributed by atoms with Crippen molar-refractivity contribution < 1.29 is 14.6 Å². The van der Waals surface area contributed by atoms with Crippen LogP contribution in [0.25, 0.3) is 0 Å². The Morgan fingerprint density at radius 1 is 1.62 bits per heavy atom. The molecule has 2 N–H and O–H groups in total. The van der Waals surface area contributed by atoms with Crippen molar-refractivity contribution in [2.45, 2.75) is 13.2 Å². The Labute approximate surface area is 77.8 Å². The summed E-state index contributed by atoms with van der Waals surface area (Å²) in [6.07, 6.45) is 4.99. The highest BCUT2D eigenvalue weighted by molar-refractivity contribution is 5.27. The van der Waals surface area contributed by atoms with Crippen LogP contribution in [0.3, 0.4) is 0 Å². The Morgan fingerprint density at radius 3 is 3.00 bits per heavy atom. The molecule has 0 amide bonds. The normalized spacial score (nSPS) is 19.2. The fraction of sp³-hybridized carbons (Fsp3) is 0.444. The molecule has 0 fully saturated rings. The summed E-state index contributed by atoms with van der Waals surface area (Å²) in [4.78, 5) is 0. The second-order valence-electron chi connectivity index (χ2n) is 2.59. The number of methoxy groups -OCH3 is 1. The minimum Gasteiger partial charge on any atom is -0.467 e. The van der Waals surface area contributed by atoms with Gasteiger partial charge in [0.15, 0.2) is 12.3 Å². The van der Waals surface area contributed by atoms with Gasteiger partial charge in [-0.25, -0.2) is 0 Å². The Hall–Kier alpha value is -1.00. The zero-order valence-corrected chi connectivity index (χ0v) is 7.78. The molecule has 0 aromatic heterocycles. The van der Waals surface area contributed by atoms with E-state index in [-0.39, 0.29) is 12.9 Å². The summed E-state index contributed by atoms with van der Waals surface area (Å²) in [5.74, 6) is 0.611. The monoisotopic (exact) mass is 184 g/mol. The molecular weight excluding hydrogens is 170 g/mol. The Bertz CT molecular complexity index is 213. The van der Waals surface area contributed by atoms with Crippen molar-refractivity contribution in [2.24, 2.45) is 0 Å². The molecule has 0 spiro atoms.